The lowest BCUT2D eigenvalue weighted by molar-refractivity contribution is -0.128. The minimum Gasteiger partial charge on any atom is -0.313 e. The van der Waals surface area contributed by atoms with Crippen LogP contribution in [0, 0.1) is 0 Å². The molecule has 0 unspecified atom stereocenters. The monoisotopic (exact) mass is 286 g/mol. The summed E-state index contributed by atoms with van der Waals surface area (Å²) in [5.74, 6) is -0.775. The molecule has 0 bridgehead atoms. The Morgan fingerprint density at radius 2 is 1.86 bits per heavy atom. The third kappa shape index (κ3) is 2.86. The number of aromatic nitrogens is 1. The van der Waals surface area contributed by atoms with E-state index >= 15 is 0 Å². The molecule has 2 heterocycles. The number of pyridine rings is 1. The highest BCUT2D eigenvalue weighted by atomic mass is 16.2. The average Bonchev–Trinajstić information content (AvgIpc) is 2.72. The van der Waals surface area contributed by atoms with Crippen LogP contribution < -0.4 is 5.32 Å². The molecule has 5 nitrogen and oxygen atoms in total. The van der Waals surface area contributed by atoms with Crippen LogP contribution in [0.25, 0.3) is 5.52 Å². The summed E-state index contributed by atoms with van der Waals surface area (Å²) < 4.78 is 1.82. The van der Waals surface area contributed by atoms with Gasteiger partial charge in [0, 0.05) is 25.6 Å². The molecule has 1 N–H and O–H groups in total. The SMILES string of the molecule is CCc1c(CC(=O)NC(C)=O)c2ccccn2c1C(C)=O. The Morgan fingerprint density at radius 1 is 1.14 bits per heavy atom. The van der Waals surface area contributed by atoms with E-state index in [9.17, 15) is 14.4 Å². The van der Waals surface area contributed by atoms with Crippen molar-refractivity contribution in [1.29, 1.82) is 0 Å². The lowest BCUT2D eigenvalue weighted by Crippen LogP contribution is -2.29. The zero-order chi connectivity index (χ0) is 15.6. The van der Waals surface area contributed by atoms with Crippen molar-refractivity contribution >= 4 is 23.1 Å². The number of carbonyl (C=O) groups excluding carboxylic acids is 3. The maximum atomic E-state index is 11.9. The van der Waals surface area contributed by atoms with Gasteiger partial charge in [0.15, 0.2) is 5.78 Å². The van der Waals surface area contributed by atoms with Crippen molar-refractivity contribution in [1.82, 2.24) is 9.72 Å². The van der Waals surface area contributed by atoms with E-state index in [4.69, 9.17) is 0 Å². The van der Waals surface area contributed by atoms with Crippen LogP contribution in [-0.4, -0.2) is 22.0 Å². The number of hydrogen-bond donors (Lipinski definition) is 1. The van der Waals surface area contributed by atoms with Gasteiger partial charge in [-0.15, -0.1) is 0 Å². The minimum atomic E-state index is -0.381. The number of nitrogens with one attached hydrogen (secondary N) is 1. The van der Waals surface area contributed by atoms with E-state index in [2.05, 4.69) is 5.32 Å². The number of imide groups is 1. The molecule has 2 amide bonds. The molecular weight excluding hydrogens is 268 g/mol. The predicted molar refractivity (Wildman–Crippen MR) is 79.3 cm³/mol. The Bertz CT molecular complexity index is 728. The van der Waals surface area contributed by atoms with Gasteiger partial charge in [-0.1, -0.05) is 13.0 Å². The van der Waals surface area contributed by atoms with Gasteiger partial charge in [-0.3, -0.25) is 19.7 Å². The first-order valence-corrected chi connectivity index (χ1v) is 6.87. The van der Waals surface area contributed by atoms with Crippen LogP contribution in [-0.2, 0) is 22.4 Å². The first-order valence-electron chi connectivity index (χ1n) is 6.87. The van der Waals surface area contributed by atoms with Crippen molar-refractivity contribution < 1.29 is 14.4 Å². The molecule has 0 aromatic carbocycles. The highest BCUT2D eigenvalue weighted by molar-refractivity contribution is 5.99. The van der Waals surface area contributed by atoms with Gasteiger partial charge in [0.1, 0.15) is 0 Å². The van der Waals surface area contributed by atoms with Crippen LogP contribution in [0.4, 0.5) is 0 Å². The van der Waals surface area contributed by atoms with Crippen molar-refractivity contribution in [2.24, 2.45) is 0 Å². The number of nitrogens with zero attached hydrogens (tertiary/aromatic N) is 1. The van der Waals surface area contributed by atoms with E-state index in [1.54, 1.807) is 0 Å². The number of ketones is 1. The highest BCUT2D eigenvalue weighted by Crippen LogP contribution is 2.25. The quantitative estimate of drug-likeness (QED) is 0.873. The van der Waals surface area contributed by atoms with Crippen LogP contribution in [0.15, 0.2) is 24.4 Å². The third-order valence-electron chi connectivity index (χ3n) is 3.40. The zero-order valence-corrected chi connectivity index (χ0v) is 12.4. The molecule has 0 atom stereocenters. The van der Waals surface area contributed by atoms with Crippen molar-refractivity contribution in [3.8, 4) is 0 Å². The van der Waals surface area contributed by atoms with E-state index in [0.717, 1.165) is 16.6 Å². The Hall–Kier alpha value is -2.43. The number of rotatable bonds is 4. The molecule has 0 radical (unpaired) electrons. The van der Waals surface area contributed by atoms with E-state index < -0.39 is 0 Å². The molecule has 0 saturated heterocycles. The van der Waals surface area contributed by atoms with Crippen LogP contribution in [0.1, 0.15) is 42.4 Å². The van der Waals surface area contributed by atoms with Crippen LogP contribution in [0.5, 0.6) is 0 Å². The molecule has 2 aromatic rings. The maximum Gasteiger partial charge on any atom is 0.231 e. The third-order valence-corrected chi connectivity index (χ3v) is 3.40. The maximum absolute atomic E-state index is 11.9. The second-order valence-corrected chi connectivity index (χ2v) is 4.95. The van der Waals surface area contributed by atoms with Gasteiger partial charge < -0.3 is 4.40 Å². The number of carbonyl (C=O) groups is 3. The van der Waals surface area contributed by atoms with E-state index in [0.29, 0.717) is 12.1 Å². The molecule has 110 valence electrons. The summed E-state index contributed by atoms with van der Waals surface area (Å²) in [5.41, 5.74) is 3.12. The number of hydrogen-bond acceptors (Lipinski definition) is 3. The second kappa shape index (κ2) is 5.91. The Balaban J connectivity index is 2.59. The van der Waals surface area contributed by atoms with Gasteiger partial charge in [0.2, 0.25) is 11.8 Å². The van der Waals surface area contributed by atoms with Crippen LogP contribution in [0.3, 0.4) is 0 Å². The molecule has 0 aliphatic rings. The smallest absolute Gasteiger partial charge is 0.231 e. The molecule has 21 heavy (non-hydrogen) atoms. The minimum absolute atomic E-state index is 0.0359. The van der Waals surface area contributed by atoms with Crippen molar-refractivity contribution in [3.05, 3.63) is 41.2 Å². The fraction of sp³-hybridized carbons (Fsp3) is 0.312. The largest absolute Gasteiger partial charge is 0.313 e. The summed E-state index contributed by atoms with van der Waals surface area (Å²) in [7, 11) is 0. The summed E-state index contributed by atoms with van der Waals surface area (Å²) in [4.78, 5) is 34.8. The first-order chi connectivity index (χ1) is 9.95. The fourth-order valence-corrected chi connectivity index (χ4v) is 2.69. The van der Waals surface area contributed by atoms with Crippen molar-refractivity contribution in [2.45, 2.75) is 33.6 Å². The van der Waals surface area contributed by atoms with Crippen molar-refractivity contribution in [3.63, 3.8) is 0 Å². The standard InChI is InChI=1S/C16H18N2O3/c1-4-12-13(9-15(21)17-11(3)20)14-7-5-6-8-18(14)16(12)10(2)19/h5-8H,4,9H2,1-3H3,(H,17,20,21). The van der Waals surface area contributed by atoms with Gasteiger partial charge in [-0.05, 0) is 29.7 Å². The summed E-state index contributed by atoms with van der Waals surface area (Å²) in [6.45, 7) is 4.78. The van der Waals surface area contributed by atoms with E-state index in [1.165, 1.54) is 13.8 Å². The summed E-state index contributed by atoms with van der Waals surface area (Å²) in [6.07, 6.45) is 2.56. The Kier molecular flexibility index (Phi) is 4.21. The molecule has 0 aliphatic heterocycles. The van der Waals surface area contributed by atoms with Gasteiger partial charge in [-0.25, -0.2) is 0 Å². The molecule has 5 heteroatoms. The molecule has 2 aromatic heterocycles. The number of fused-ring (bicyclic) bond motifs is 1. The van der Waals surface area contributed by atoms with Gasteiger partial charge in [-0.2, -0.15) is 0 Å². The molecule has 0 fully saturated rings. The van der Waals surface area contributed by atoms with Gasteiger partial charge >= 0.3 is 0 Å². The second-order valence-electron chi connectivity index (χ2n) is 4.95. The summed E-state index contributed by atoms with van der Waals surface area (Å²) in [5, 5.41) is 2.27. The molecule has 2 rings (SSSR count). The number of Topliss-reactive ketones (excluding diaryl/α,β-unsaturated/α-hetero) is 1. The lowest BCUT2D eigenvalue weighted by atomic mass is 10.0. The van der Waals surface area contributed by atoms with E-state index in [-0.39, 0.29) is 24.0 Å². The summed E-state index contributed by atoms with van der Waals surface area (Å²) in [6, 6.07) is 5.59. The topological polar surface area (TPSA) is 67.7 Å². The Labute approximate surface area is 123 Å². The molecular formula is C16H18N2O3. The fourth-order valence-electron chi connectivity index (χ4n) is 2.69. The normalized spacial score (nSPS) is 10.6. The molecule has 0 aliphatic carbocycles. The zero-order valence-electron chi connectivity index (χ0n) is 12.4. The molecule has 0 saturated carbocycles. The Morgan fingerprint density at radius 3 is 2.43 bits per heavy atom. The molecule has 0 spiro atoms. The number of amides is 2. The van der Waals surface area contributed by atoms with Crippen molar-refractivity contribution in [2.75, 3.05) is 0 Å². The van der Waals surface area contributed by atoms with E-state index in [1.807, 2.05) is 35.7 Å². The highest BCUT2D eigenvalue weighted by Gasteiger charge is 2.21. The summed E-state index contributed by atoms with van der Waals surface area (Å²) >= 11 is 0. The van der Waals surface area contributed by atoms with Crippen LogP contribution >= 0.6 is 0 Å². The average molecular weight is 286 g/mol. The first kappa shape index (κ1) is 15.0. The van der Waals surface area contributed by atoms with Gasteiger partial charge in [0.05, 0.1) is 12.1 Å². The van der Waals surface area contributed by atoms with Gasteiger partial charge in [0.25, 0.3) is 0 Å². The lowest BCUT2D eigenvalue weighted by Gasteiger charge is -2.04. The van der Waals surface area contributed by atoms with Crippen LogP contribution in [0.2, 0.25) is 0 Å². The predicted octanol–water partition coefficient (Wildman–Crippen LogP) is 1.91.